The second-order valence-electron chi connectivity index (χ2n) is 11.2. The van der Waals surface area contributed by atoms with Gasteiger partial charge in [0.25, 0.3) is 0 Å². The van der Waals surface area contributed by atoms with Crippen molar-refractivity contribution in [2.75, 3.05) is 58.2 Å². The van der Waals surface area contributed by atoms with E-state index in [1.807, 2.05) is 42.5 Å². The summed E-state index contributed by atoms with van der Waals surface area (Å²) < 4.78 is 11.5. The van der Waals surface area contributed by atoms with Crippen molar-refractivity contribution in [2.45, 2.75) is 58.0 Å². The van der Waals surface area contributed by atoms with E-state index in [-0.39, 0.29) is 6.61 Å². The van der Waals surface area contributed by atoms with Crippen LogP contribution in [-0.2, 0) is 6.61 Å². The van der Waals surface area contributed by atoms with Crippen LogP contribution in [-0.4, -0.2) is 72.7 Å². The molecule has 1 aromatic heterocycles. The highest BCUT2D eigenvalue weighted by Crippen LogP contribution is 2.29. The smallest absolute Gasteiger partial charge is 0.169 e. The second kappa shape index (κ2) is 14.9. The van der Waals surface area contributed by atoms with E-state index >= 15 is 0 Å². The number of ether oxygens (including phenoxy) is 2. The predicted molar refractivity (Wildman–Crippen MR) is 164 cm³/mol. The summed E-state index contributed by atoms with van der Waals surface area (Å²) in [5.74, 6) is 3.74. The molecule has 2 saturated heterocycles. The van der Waals surface area contributed by atoms with Crippen molar-refractivity contribution in [1.29, 1.82) is 0 Å². The number of benzene rings is 2. The highest BCUT2D eigenvalue weighted by Gasteiger charge is 2.19. The lowest BCUT2D eigenvalue weighted by molar-refractivity contribution is 0.160. The van der Waals surface area contributed by atoms with E-state index in [0.29, 0.717) is 10.8 Å². The van der Waals surface area contributed by atoms with E-state index in [9.17, 15) is 0 Å². The van der Waals surface area contributed by atoms with Gasteiger partial charge in [-0.25, -0.2) is 9.97 Å². The second-order valence-corrected chi connectivity index (χ2v) is 11.6. The molecule has 0 bridgehead atoms. The van der Waals surface area contributed by atoms with Gasteiger partial charge >= 0.3 is 0 Å². The molecule has 1 N–H and O–H groups in total. The summed E-state index contributed by atoms with van der Waals surface area (Å²) >= 11 is 6.00. The standard InChI is InChI=1S/C32H44ClN5O2/c1-39-29-10-5-9-28-31(29)35-30(24-40-27-13-11-26(33)12-14-27)36-32(28)34-17-6-8-25-15-22-38(23-16-25)21-7-20-37-18-3-2-4-19-37/h5,9-14,25H,2-4,6-8,15-24H2,1H3,(H,34,35,36). The summed E-state index contributed by atoms with van der Waals surface area (Å²) in [5.41, 5.74) is 0.796. The Kier molecular flexibility index (Phi) is 10.7. The third kappa shape index (κ3) is 8.21. The first kappa shape index (κ1) is 28.9. The van der Waals surface area contributed by atoms with Gasteiger partial charge in [0.1, 0.15) is 29.4 Å². The average Bonchev–Trinajstić information content (AvgIpc) is 3.00. The molecule has 2 aliphatic rings. The third-order valence-electron chi connectivity index (χ3n) is 8.32. The number of rotatable bonds is 13. The SMILES string of the molecule is COc1cccc2c(NCCCC3CCN(CCCN4CCCCC4)CC3)nc(COc3ccc(Cl)cc3)nc12. The molecule has 2 aliphatic heterocycles. The van der Waals surface area contributed by atoms with Crippen LogP contribution in [0.1, 0.15) is 57.2 Å². The van der Waals surface area contributed by atoms with Gasteiger partial charge in [0.2, 0.25) is 0 Å². The highest BCUT2D eigenvalue weighted by atomic mass is 35.5. The molecular formula is C32H44ClN5O2. The number of hydrogen-bond acceptors (Lipinski definition) is 7. The number of piperidine rings is 2. The van der Waals surface area contributed by atoms with Crippen molar-refractivity contribution < 1.29 is 9.47 Å². The fraction of sp³-hybridized carbons (Fsp3) is 0.562. The number of likely N-dealkylation sites (tertiary alicyclic amines) is 2. The largest absolute Gasteiger partial charge is 0.494 e. The molecule has 0 aliphatic carbocycles. The molecular weight excluding hydrogens is 522 g/mol. The zero-order valence-electron chi connectivity index (χ0n) is 23.9. The lowest BCUT2D eigenvalue weighted by Crippen LogP contribution is -2.37. The van der Waals surface area contributed by atoms with Crippen LogP contribution in [0, 0.1) is 5.92 Å². The fourth-order valence-electron chi connectivity index (χ4n) is 6.01. The molecule has 3 heterocycles. The van der Waals surface area contributed by atoms with Crippen molar-refractivity contribution in [3.05, 3.63) is 53.3 Å². The summed E-state index contributed by atoms with van der Waals surface area (Å²) in [4.78, 5) is 14.9. The van der Waals surface area contributed by atoms with Crippen LogP contribution in [0.2, 0.25) is 5.02 Å². The molecule has 216 valence electrons. The molecule has 0 amide bonds. The van der Waals surface area contributed by atoms with E-state index in [4.69, 9.17) is 31.0 Å². The van der Waals surface area contributed by atoms with Gasteiger partial charge in [0.15, 0.2) is 5.82 Å². The lowest BCUT2D eigenvalue weighted by Gasteiger charge is -2.33. The molecule has 3 aromatic rings. The first-order chi connectivity index (χ1) is 19.7. The van der Waals surface area contributed by atoms with E-state index < -0.39 is 0 Å². The summed E-state index contributed by atoms with van der Waals surface area (Å²) in [7, 11) is 1.67. The minimum absolute atomic E-state index is 0.265. The first-order valence-electron chi connectivity index (χ1n) is 15.1. The molecule has 40 heavy (non-hydrogen) atoms. The number of halogens is 1. The van der Waals surface area contributed by atoms with Crippen molar-refractivity contribution in [3.63, 3.8) is 0 Å². The van der Waals surface area contributed by atoms with Crippen molar-refractivity contribution >= 4 is 28.3 Å². The number of hydrogen-bond donors (Lipinski definition) is 1. The molecule has 2 fully saturated rings. The van der Waals surface area contributed by atoms with E-state index in [0.717, 1.165) is 47.1 Å². The Labute approximate surface area is 244 Å². The topological polar surface area (TPSA) is 62.8 Å². The van der Waals surface area contributed by atoms with E-state index in [2.05, 4.69) is 15.1 Å². The maximum absolute atomic E-state index is 6.00. The Morgan fingerprint density at radius 1 is 0.900 bits per heavy atom. The summed E-state index contributed by atoms with van der Waals surface area (Å²) in [6.45, 7) is 8.83. The molecule has 2 aromatic carbocycles. The van der Waals surface area contributed by atoms with Gasteiger partial charge in [-0.15, -0.1) is 0 Å². The number of anilines is 1. The number of fused-ring (bicyclic) bond motifs is 1. The molecule has 0 spiro atoms. The minimum atomic E-state index is 0.265. The Hall–Kier alpha value is -2.61. The first-order valence-corrected chi connectivity index (χ1v) is 15.5. The van der Waals surface area contributed by atoms with Crippen LogP contribution >= 0.6 is 11.6 Å². The molecule has 5 rings (SSSR count). The van der Waals surface area contributed by atoms with Crippen LogP contribution in [0.4, 0.5) is 5.82 Å². The minimum Gasteiger partial charge on any atom is -0.494 e. The number of nitrogens with zero attached hydrogens (tertiary/aromatic N) is 4. The van der Waals surface area contributed by atoms with Crippen LogP contribution in [0.15, 0.2) is 42.5 Å². The fourth-order valence-corrected chi connectivity index (χ4v) is 6.14. The Morgan fingerprint density at radius 2 is 1.65 bits per heavy atom. The summed E-state index contributed by atoms with van der Waals surface area (Å²) in [6, 6.07) is 13.3. The van der Waals surface area contributed by atoms with Gasteiger partial charge in [-0.1, -0.05) is 24.1 Å². The monoisotopic (exact) mass is 565 g/mol. The summed E-state index contributed by atoms with van der Waals surface area (Å²) in [5, 5.41) is 5.24. The third-order valence-corrected chi connectivity index (χ3v) is 8.58. The van der Waals surface area contributed by atoms with Crippen LogP contribution in [0.5, 0.6) is 11.5 Å². The molecule has 0 unspecified atom stereocenters. The van der Waals surface area contributed by atoms with Crippen molar-refractivity contribution in [2.24, 2.45) is 5.92 Å². The summed E-state index contributed by atoms with van der Waals surface area (Å²) in [6.07, 6.45) is 10.6. The predicted octanol–water partition coefficient (Wildman–Crippen LogP) is 6.65. The van der Waals surface area contributed by atoms with E-state index in [1.54, 1.807) is 7.11 Å². The quantitative estimate of drug-likeness (QED) is 0.233. The van der Waals surface area contributed by atoms with Gasteiger partial charge < -0.3 is 24.6 Å². The molecule has 8 heteroatoms. The Morgan fingerprint density at radius 3 is 2.40 bits per heavy atom. The highest BCUT2D eigenvalue weighted by molar-refractivity contribution is 6.30. The number of methoxy groups -OCH3 is 1. The van der Waals surface area contributed by atoms with Crippen LogP contribution in [0.3, 0.4) is 0 Å². The van der Waals surface area contributed by atoms with Gasteiger partial charge in [0.05, 0.1) is 7.11 Å². The Bertz CT molecular complexity index is 1190. The van der Waals surface area contributed by atoms with Crippen molar-refractivity contribution in [1.82, 2.24) is 19.8 Å². The maximum Gasteiger partial charge on any atom is 0.169 e. The van der Waals surface area contributed by atoms with Gasteiger partial charge in [-0.05, 0) is 127 Å². The van der Waals surface area contributed by atoms with Gasteiger partial charge in [-0.2, -0.15) is 0 Å². The zero-order chi connectivity index (χ0) is 27.6. The van der Waals surface area contributed by atoms with Gasteiger partial charge in [0, 0.05) is 17.0 Å². The Balaban J connectivity index is 1.09. The van der Waals surface area contributed by atoms with E-state index in [1.165, 1.54) is 84.2 Å². The normalized spacial score (nSPS) is 17.2. The molecule has 0 atom stereocenters. The van der Waals surface area contributed by atoms with Crippen LogP contribution < -0.4 is 14.8 Å². The van der Waals surface area contributed by atoms with Gasteiger partial charge in [-0.3, -0.25) is 0 Å². The lowest BCUT2D eigenvalue weighted by atomic mass is 9.92. The zero-order valence-corrected chi connectivity index (χ0v) is 24.7. The molecule has 7 nitrogen and oxygen atoms in total. The number of para-hydroxylation sites is 1. The van der Waals surface area contributed by atoms with Crippen molar-refractivity contribution in [3.8, 4) is 11.5 Å². The van der Waals surface area contributed by atoms with Crippen LogP contribution in [0.25, 0.3) is 10.9 Å². The number of nitrogens with one attached hydrogen (secondary N) is 1. The molecule has 0 radical (unpaired) electrons. The molecule has 0 saturated carbocycles. The average molecular weight is 566 g/mol. The maximum atomic E-state index is 6.00. The number of aromatic nitrogens is 2.